The number of Topliss-reactive ketones (excluding diaryl/α,β-unsaturated/α-hetero) is 1. The fourth-order valence-corrected chi connectivity index (χ4v) is 3.17. The minimum atomic E-state index is -0.821. The molecule has 19 heavy (non-hydrogen) atoms. The normalized spacial score (nSPS) is 33.7. The van der Waals surface area contributed by atoms with Gasteiger partial charge in [0.15, 0.2) is 11.6 Å². The van der Waals surface area contributed by atoms with Crippen LogP contribution in [-0.2, 0) is 19.1 Å². The smallest absolute Gasteiger partial charge is 0.306 e. The molecule has 0 radical (unpaired) electrons. The van der Waals surface area contributed by atoms with E-state index in [0.717, 1.165) is 0 Å². The molecule has 0 aromatic carbocycles. The molecule has 0 heterocycles. The Morgan fingerprint density at radius 2 is 2.16 bits per heavy atom. The average Bonchev–Trinajstić information content (AvgIpc) is 2.38. The van der Waals surface area contributed by atoms with E-state index in [1.54, 1.807) is 13.8 Å². The average molecular weight is 262 g/mol. The lowest BCUT2D eigenvalue weighted by Crippen LogP contribution is -2.50. The molecule has 0 N–H and O–H groups in total. The molecular formula is C15H18O4. The molecule has 2 rings (SSSR count). The summed E-state index contributed by atoms with van der Waals surface area (Å²) >= 11 is 0. The van der Waals surface area contributed by atoms with Crippen LogP contribution in [0.2, 0.25) is 0 Å². The SMILES string of the molecule is COC(=O)C[C@@H]1C=CC[C@H]2C(=O)C=C(C)C(=O)[C@]12C. The second-order valence-corrected chi connectivity index (χ2v) is 5.44. The van der Waals surface area contributed by atoms with Crippen LogP contribution in [0.3, 0.4) is 0 Å². The van der Waals surface area contributed by atoms with E-state index in [1.807, 2.05) is 12.2 Å². The van der Waals surface area contributed by atoms with Gasteiger partial charge in [0.2, 0.25) is 0 Å². The molecule has 4 heteroatoms. The standard InChI is InChI=1S/C15H18O4/c1-9-7-12(16)11-6-4-5-10(8-13(17)19-3)15(11,2)14(9)18/h4-5,7,10-11H,6,8H2,1-3H3/t10-,11-,15+/m0/s1. The summed E-state index contributed by atoms with van der Waals surface area (Å²) in [5.74, 6) is -1.04. The van der Waals surface area contributed by atoms with Crippen molar-refractivity contribution in [3.05, 3.63) is 23.8 Å². The third kappa shape index (κ3) is 2.05. The van der Waals surface area contributed by atoms with Crippen LogP contribution in [0.25, 0.3) is 0 Å². The summed E-state index contributed by atoms with van der Waals surface area (Å²) < 4.78 is 4.68. The maximum Gasteiger partial charge on any atom is 0.306 e. The van der Waals surface area contributed by atoms with Gasteiger partial charge in [0.25, 0.3) is 0 Å². The predicted molar refractivity (Wildman–Crippen MR) is 69.2 cm³/mol. The number of carbonyl (C=O) groups excluding carboxylic acids is 3. The highest BCUT2D eigenvalue weighted by Gasteiger charge is 2.52. The highest BCUT2D eigenvalue weighted by molar-refractivity contribution is 6.12. The van der Waals surface area contributed by atoms with Crippen LogP contribution >= 0.6 is 0 Å². The third-order valence-electron chi connectivity index (χ3n) is 4.40. The Balaban J connectivity index is 2.42. The zero-order valence-corrected chi connectivity index (χ0v) is 11.4. The molecule has 0 fully saturated rings. The lowest BCUT2D eigenvalue weighted by molar-refractivity contribution is -0.146. The predicted octanol–water partition coefficient (Wildman–Crippen LogP) is 1.85. The van der Waals surface area contributed by atoms with Crippen LogP contribution in [-0.4, -0.2) is 24.6 Å². The number of rotatable bonds is 2. The molecule has 2 aliphatic carbocycles. The van der Waals surface area contributed by atoms with E-state index in [-0.39, 0.29) is 35.8 Å². The van der Waals surface area contributed by atoms with E-state index in [0.29, 0.717) is 12.0 Å². The first-order valence-corrected chi connectivity index (χ1v) is 6.41. The molecule has 0 unspecified atom stereocenters. The molecule has 102 valence electrons. The van der Waals surface area contributed by atoms with Crippen molar-refractivity contribution < 1.29 is 19.1 Å². The number of carbonyl (C=O) groups is 3. The van der Waals surface area contributed by atoms with E-state index in [4.69, 9.17) is 0 Å². The van der Waals surface area contributed by atoms with Crippen molar-refractivity contribution in [1.82, 2.24) is 0 Å². The summed E-state index contributed by atoms with van der Waals surface area (Å²) in [5, 5.41) is 0. The van der Waals surface area contributed by atoms with Crippen LogP contribution in [0, 0.1) is 17.3 Å². The van der Waals surface area contributed by atoms with Gasteiger partial charge in [-0.25, -0.2) is 0 Å². The van der Waals surface area contributed by atoms with E-state index < -0.39 is 5.41 Å². The zero-order chi connectivity index (χ0) is 14.2. The summed E-state index contributed by atoms with van der Waals surface area (Å²) in [5.41, 5.74) is -0.340. The molecule has 0 bridgehead atoms. The van der Waals surface area contributed by atoms with Gasteiger partial charge in [-0.15, -0.1) is 0 Å². The van der Waals surface area contributed by atoms with E-state index in [2.05, 4.69) is 4.74 Å². The summed E-state index contributed by atoms with van der Waals surface area (Å²) in [4.78, 5) is 36.1. The third-order valence-corrected chi connectivity index (χ3v) is 4.40. The molecule has 0 spiro atoms. The molecule has 4 nitrogen and oxygen atoms in total. The highest BCUT2D eigenvalue weighted by atomic mass is 16.5. The van der Waals surface area contributed by atoms with Crippen molar-refractivity contribution in [3.8, 4) is 0 Å². The van der Waals surface area contributed by atoms with Gasteiger partial charge in [-0.05, 0) is 25.0 Å². The van der Waals surface area contributed by atoms with Gasteiger partial charge < -0.3 is 4.74 Å². The first-order valence-electron chi connectivity index (χ1n) is 6.41. The Bertz CT molecular complexity index is 500. The number of hydrogen-bond donors (Lipinski definition) is 0. The van der Waals surface area contributed by atoms with Gasteiger partial charge in [0.1, 0.15) is 0 Å². The fraction of sp³-hybridized carbons (Fsp3) is 0.533. The van der Waals surface area contributed by atoms with Crippen molar-refractivity contribution >= 4 is 17.5 Å². The number of fused-ring (bicyclic) bond motifs is 1. The highest BCUT2D eigenvalue weighted by Crippen LogP contribution is 2.48. The van der Waals surface area contributed by atoms with Crippen LogP contribution in [0.5, 0.6) is 0 Å². The maximum atomic E-state index is 12.5. The van der Waals surface area contributed by atoms with Crippen LogP contribution < -0.4 is 0 Å². The molecule has 3 atom stereocenters. The number of methoxy groups -OCH3 is 1. The monoisotopic (exact) mass is 262 g/mol. The Hall–Kier alpha value is -1.71. The van der Waals surface area contributed by atoms with Crippen LogP contribution in [0.1, 0.15) is 26.7 Å². The largest absolute Gasteiger partial charge is 0.469 e. The first-order chi connectivity index (χ1) is 8.91. The lowest BCUT2D eigenvalue weighted by atomic mass is 9.56. The number of ketones is 2. The molecule has 0 aliphatic heterocycles. The Morgan fingerprint density at radius 1 is 1.47 bits per heavy atom. The van der Waals surface area contributed by atoms with Gasteiger partial charge in [0, 0.05) is 17.3 Å². The Morgan fingerprint density at radius 3 is 2.79 bits per heavy atom. The van der Waals surface area contributed by atoms with Crippen molar-refractivity contribution in [2.45, 2.75) is 26.7 Å². The van der Waals surface area contributed by atoms with E-state index in [9.17, 15) is 14.4 Å². The quantitative estimate of drug-likeness (QED) is 0.563. The number of ether oxygens (including phenoxy) is 1. The van der Waals surface area contributed by atoms with Crippen molar-refractivity contribution in [2.75, 3.05) is 7.11 Å². The molecule has 0 amide bonds. The van der Waals surface area contributed by atoms with Gasteiger partial charge in [-0.2, -0.15) is 0 Å². The van der Waals surface area contributed by atoms with Gasteiger partial charge in [-0.3, -0.25) is 14.4 Å². The Kier molecular flexibility index (Phi) is 3.43. The number of esters is 1. The second kappa shape index (κ2) is 4.76. The zero-order valence-electron chi connectivity index (χ0n) is 11.4. The lowest BCUT2D eigenvalue weighted by Gasteiger charge is -2.44. The van der Waals surface area contributed by atoms with Gasteiger partial charge in [0.05, 0.1) is 13.5 Å². The van der Waals surface area contributed by atoms with Crippen molar-refractivity contribution in [2.24, 2.45) is 17.3 Å². The minimum absolute atomic E-state index is 0.0150. The fourth-order valence-electron chi connectivity index (χ4n) is 3.17. The number of hydrogen-bond acceptors (Lipinski definition) is 4. The summed E-state index contributed by atoms with van der Waals surface area (Å²) in [7, 11) is 1.33. The topological polar surface area (TPSA) is 60.4 Å². The van der Waals surface area contributed by atoms with Crippen molar-refractivity contribution in [3.63, 3.8) is 0 Å². The van der Waals surface area contributed by atoms with Crippen LogP contribution in [0.15, 0.2) is 23.8 Å². The summed E-state index contributed by atoms with van der Waals surface area (Å²) in [6, 6.07) is 0. The molecule has 0 saturated carbocycles. The minimum Gasteiger partial charge on any atom is -0.469 e. The summed E-state index contributed by atoms with van der Waals surface area (Å²) in [6.07, 6.45) is 5.88. The molecule has 0 aromatic rings. The Labute approximate surface area is 112 Å². The van der Waals surface area contributed by atoms with E-state index >= 15 is 0 Å². The molecule has 0 aromatic heterocycles. The maximum absolute atomic E-state index is 12.5. The summed E-state index contributed by atoms with van der Waals surface area (Å²) in [6.45, 7) is 3.46. The van der Waals surface area contributed by atoms with Gasteiger partial charge >= 0.3 is 5.97 Å². The second-order valence-electron chi connectivity index (χ2n) is 5.44. The molecule has 0 saturated heterocycles. The molecule has 2 aliphatic rings. The van der Waals surface area contributed by atoms with Gasteiger partial charge in [-0.1, -0.05) is 19.1 Å². The van der Waals surface area contributed by atoms with E-state index in [1.165, 1.54) is 13.2 Å². The van der Waals surface area contributed by atoms with Crippen LogP contribution in [0.4, 0.5) is 0 Å². The first kappa shape index (κ1) is 13.7. The molecular weight excluding hydrogens is 244 g/mol. The van der Waals surface area contributed by atoms with Crippen molar-refractivity contribution in [1.29, 1.82) is 0 Å². The number of allylic oxidation sites excluding steroid dienone is 4.